The number of piperidine rings is 1. The Balaban J connectivity index is 0.959. The van der Waals surface area contributed by atoms with Gasteiger partial charge in [-0.05, 0) is 73.6 Å². The maximum Gasteiger partial charge on any atom is 0.439 e. The van der Waals surface area contributed by atoms with Crippen molar-refractivity contribution in [2.24, 2.45) is 5.41 Å². The van der Waals surface area contributed by atoms with Crippen molar-refractivity contribution >= 4 is 16.7 Å². The number of aromatic nitrogens is 5. The van der Waals surface area contributed by atoms with Crippen molar-refractivity contribution in [2.75, 3.05) is 24.6 Å². The Bertz CT molecular complexity index is 2080. The number of pyridine rings is 1. The van der Waals surface area contributed by atoms with E-state index in [2.05, 4.69) is 36.7 Å². The molecule has 3 fully saturated rings. The van der Waals surface area contributed by atoms with Crippen molar-refractivity contribution in [1.29, 1.82) is 5.26 Å². The Labute approximate surface area is 263 Å². The summed E-state index contributed by atoms with van der Waals surface area (Å²) in [5.74, 6) is 1.67. The minimum absolute atomic E-state index is 0.177. The Morgan fingerprint density at radius 1 is 1.13 bits per heavy atom. The molecule has 1 aliphatic carbocycles. The van der Waals surface area contributed by atoms with E-state index in [9.17, 15) is 4.79 Å². The molecular formula is C34H31N7O5. The van der Waals surface area contributed by atoms with Gasteiger partial charge >= 0.3 is 5.76 Å². The van der Waals surface area contributed by atoms with E-state index >= 15 is 0 Å². The number of aromatic amines is 1. The number of hydrogen-bond donors (Lipinski definition) is 1. The summed E-state index contributed by atoms with van der Waals surface area (Å²) in [6.07, 6.45) is 5.95. The second kappa shape index (κ2) is 9.92. The van der Waals surface area contributed by atoms with Crippen LogP contribution in [-0.2, 0) is 17.1 Å². The van der Waals surface area contributed by atoms with Crippen LogP contribution in [0.2, 0.25) is 0 Å². The lowest BCUT2D eigenvalue weighted by Gasteiger charge is -2.35. The lowest BCUT2D eigenvalue weighted by atomic mass is 9.90. The fourth-order valence-electron chi connectivity index (χ4n) is 7.39. The standard InChI is InChI=1S/C34H31N7O5/c1-33(28-8-5-20(17-35)18-36-28)44-27-4-2-3-25(29(27)45-33)40-12-10-34(11-13-40)16-23(34)31-37-24-7-6-21(30-38-32(42)46-39-30)15-26(24)41(31)19-22-9-14-43-22/h2-8,15,18,22-23H,9-14,16,19H2,1H3,(H,38,39,42)/t22-,23+,33+/m1/s1. The predicted octanol–water partition coefficient (Wildman–Crippen LogP) is 4.85. The smallest absolute Gasteiger partial charge is 0.439 e. The van der Waals surface area contributed by atoms with E-state index in [0.29, 0.717) is 28.7 Å². The third kappa shape index (κ3) is 4.29. The highest BCUT2D eigenvalue weighted by Gasteiger charge is 2.58. The highest BCUT2D eigenvalue weighted by atomic mass is 16.7. The van der Waals surface area contributed by atoms with E-state index in [1.807, 2.05) is 37.3 Å². The molecule has 1 N–H and O–H groups in total. The van der Waals surface area contributed by atoms with E-state index in [4.69, 9.17) is 29.0 Å². The molecule has 0 bridgehead atoms. The number of anilines is 1. The normalized spacial score (nSPS) is 24.2. The maximum absolute atomic E-state index is 11.6. The first-order valence-corrected chi connectivity index (χ1v) is 15.7. The zero-order valence-corrected chi connectivity index (χ0v) is 25.2. The molecule has 12 heteroatoms. The third-order valence-electron chi connectivity index (χ3n) is 10.2. The van der Waals surface area contributed by atoms with Crippen molar-refractivity contribution in [3.8, 4) is 29.0 Å². The minimum Gasteiger partial charge on any atom is -0.443 e. The number of imidazole rings is 1. The first-order valence-electron chi connectivity index (χ1n) is 15.7. The fraction of sp³-hybridized carbons (Fsp3) is 0.382. The molecule has 9 rings (SSSR count). The van der Waals surface area contributed by atoms with Crippen LogP contribution in [-0.4, -0.2) is 50.5 Å². The predicted molar refractivity (Wildman–Crippen MR) is 165 cm³/mol. The molecule has 4 aliphatic rings. The van der Waals surface area contributed by atoms with E-state index in [1.165, 1.54) is 0 Å². The van der Waals surface area contributed by atoms with Crippen LogP contribution in [0.15, 0.2) is 64.0 Å². The molecule has 46 heavy (non-hydrogen) atoms. The molecule has 1 spiro atoms. The number of nitrogens with one attached hydrogen (secondary N) is 1. The van der Waals surface area contributed by atoms with Gasteiger partial charge in [0.25, 0.3) is 5.79 Å². The minimum atomic E-state index is -1.07. The molecule has 12 nitrogen and oxygen atoms in total. The zero-order valence-electron chi connectivity index (χ0n) is 25.2. The van der Waals surface area contributed by atoms with Gasteiger partial charge in [0, 0.05) is 44.3 Å². The SMILES string of the molecule is C[C@]1(c2ccc(C#N)cn2)Oc2cccc(N3CCC4(CC3)C[C@H]4c3nc4ccc(-c5noc(=O)[nH]5)cc4n3C[C@H]3CCO3)c2O1. The number of nitriles is 1. The molecule has 2 aromatic carbocycles. The Kier molecular flexibility index (Phi) is 5.86. The second-order valence-electron chi connectivity index (χ2n) is 12.9. The van der Waals surface area contributed by atoms with Crippen molar-refractivity contribution < 1.29 is 18.7 Å². The summed E-state index contributed by atoms with van der Waals surface area (Å²) < 4.78 is 25.7. The highest BCUT2D eigenvalue weighted by molar-refractivity contribution is 5.81. The van der Waals surface area contributed by atoms with Gasteiger partial charge in [-0.15, -0.1) is 0 Å². The molecule has 3 aromatic heterocycles. The van der Waals surface area contributed by atoms with Gasteiger partial charge in [-0.1, -0.05) is 11.2 Å². The van der Waals surface area contributed by atoms with Crippen molar-refractivity contribution in [2.45, 2.75) is 57.0 Å². The summed E-state index contributed by atoms with van der Waals surface area (Å²) in [5, 5.41) is 13.0. The molecule has 0 amide bonds. The largest absolute Gasteiger partial charge is 0.443 e. The molecule has 3 aliphatic heterocycles. The number of H-pyrrole nitrogens is 1. The third-order valence-corrected chi connectivity index (χ3v) is 10.2. The summed E-state index contributed by atoms with van der Waals surface area (Å²) in [4.78, 5) is 26.3. The van der Waals surface area contributed by atoms with E-state index in [0.717, 1.165) is 85.8 Å². The zero-order chi connectivity index (χ0) is 31.0. The van der Waals surface area contributed by atoms with Gasteiger partial charge in [0.2, 0.25) is 0 Å². The monoisotopic (exact) mass is 617 g/mol. The van der Waals surface area contributed by atoms with Gasteiger partial charge in [-0.2, -0.15) is 5.26 Å². The molecule has 0 radical (unpaired) electrons. The summed E-state index contributed by atoms with van der Waals surface area (Å²) in [6, 6.07) is 17.6. The van der Waals surface area contributed by atoms with Gasteiger partial charge in [0.15, 0.2) is 17.3 Å². The van der Waals surface area contributed by atoms with E-state index in [1.54, 1.807) is 18.3 Å². The second-order valence-corrected chi connectivity index (χ2v) is 12.9. The average Bonchev–Trinajstić information content (AvgIpc) is 3.34. The van der Waals surface area contributed by atoms with E-state index in [-0.39, 0.29) is 11.5 Å². The van der Waals surface area contributed by atoms with Crippen LogP contribution in [0.3, 0.4) is 0 Å². The van der Waals surface area contributed by atoms with Gasteiger partial charge in [-0.25, -0.2) is 9.78 Å². The van der Waals surface area contributed by atoms with Gasteiger partial charge in [-0.3, -0.25) is 14.5 Å². The Morgan fingerprint density at radius 2 is 2.00 bits per heavy atom. The average molecular weight is 618 g/mol. The van der Waals surface area contributed by atoms with Crippen LogP contribution >= 0.6 is 0 Å². The van der Waals surface area contributed by atoms with Crippen LogP contribution < -0.4 is 20.1 Å². The van der Waals surface area contributed by atoms with Crippen LogP contribution in [0.4, 0.5) is 5.69 Å². The van der Waals surface area contributed by atoms with E-state index < -0.39 is 11.5 Å². The summed E-state index contributed by atoms with van der Waals surface area (Å²) >= 11 is 0. The molecular weight excluding hydrogens is 586 g/mol. The number of benzene rings is 2. The molecule has 2 saturated heterocycles. The molecule has 232 valence electrons. The topological polar surface area (TPSA) is 144 Å². The van der Waals surface area contributed by atoms with Gasteiger partial charge in [0.1, 0.15) is 17.6 Å². The van der Waals surface area contributed by atoms with Crippen LogP contribution in [0.5, 0.6) is 11.5 Å². The summed E-state index contributed by atoms with van der Waals surface area (Å²) in [6.45, 7) is 5.21. The molecule has 0 unspecified atom stereocenters. The van der Waals surface area contributed by atoms with Crippen LogP contribution in [0.1, 0.15) is 55.6 Å². The highest BCUT2D eigenvalue weighted by Crippen LogP contribution is 2.65. The number of fused-ring (bicyclic) bond motifs is 2. The van der Waals surface area contributed by atoms with Crippen LogP contribution in [0, 0.1) is 16.7 Å². The summed E-state index contributed by atoms with van der Waals surface area (Å²) in [5.41, 5.74) is 5.06. The number of para-hydroxylation sites is 1. The van der Waals surface area contributed by atoms with Crippen LogP contribution in [0.25, 0.3) is 22.4 Å². The fourth-order valence-corrected chi connectivity index (χ4v) is 7.39. The van der Waals surface area contributed by atoms with Crippen molar-refractivity contribution in [3.63, 3.8) is 0 Å². The lowest BCUT2D eigenvalue weighted by molar-refractivity contribution is -0.0716. The summed E-state index contributed by atoms with van der Waals surface area (Å²) in [7, 11) is 0. The maximum atomic E-state index is 11.6. The van der Waals surface area contributed by atoms with Crippen molar-refractivity contribution in [3.05, 3.63) is 82.4 Å². The van der Waals surface area contributed by atoms with Gasteiger partial charge in [0.05, 0.1) is 34.9 Å². The van der Waals surface area contributed by atoms with Gasteiger partial charge < -0.3 is 23.7 Å². The molecule has 1 saturated carbocycles. The quantitative estimate of drug-likeness (QED) is 0.281. The Hall–Kier alpha value is -5.15. The number of hydrogen-bond acceptors (Lipinski definition) is 10. The molecule has 3 atom stereocenters. The number of ether oxygens (including phenoxy) is 3. The van der Waals surface area contributed by atoms with Crippen molar-refractivity contribution in [1.82, 2.24) is 24.7 Å². The first kappa shape index (κ1) is 27.2. The first-order chi connectivity index (χ1) is 22.4. The molecule has 5 aromatic rings. The number of rotatable bonds is 6. The Morgan fingerprint density at radius 3 is 2.72 bits per heavy atom. The number of nitrogens with zero attached hydrogens (tertiary/aromatic N) is 6. The molecule has 6 heterocycles. The lowest BCUT2D eigenvalue weighted by Crippen LogP contribution is -2.36.